The topological polar surface area (TPSA) is 75.7 Å². The van der Waals surface area contributed by atoms with Crippen molar-refractivity contribution in [3.63, 3.8) is 0 Å². The van der Waals surface area contributed by atoms with Gasteiger partial charge >= 0.3 is 0 Å². The van der Waals surface area contributed by atoms with Crippen molar-refractivity contribution in [1.29, 1.82) is 0 Å². The average molecular weight is 340 g/mol. The normalized spacial score (nSPS) is 11.1. The van der Waals surface area contributed by atoms with Crippen LogP contribution in [0.2, 0.25) is 0 Å². The van der Waals surface area contributed by atoms with Gasteiger partial charge in [0.1, 0.15) is 10.6 Å². The van der Waals surface area contributed by atoms with Gasteiger partial charge in [-0.25, -0.2) is 13.1 Å². The molecule has 0 saturated heterocycles. The van der Waals surface area contributed by atoms with Crippen LogP contribution < -0.4 is 9.46 Å². The van der Waals surface area contributed by atoms with Crippen LogP contribution >= 0.6 is 0 Å². The van der Waals surface area contributed by atoms with E-state index in [0.29, 0.717) is 12.3 Å². The number of ether oxygens (including phenoxy) is 1. The summed E-state index contributed by atoms with van der Waals surface area (Å²) in [5.74, 6) is 0.169. The zero-order chi connectivity index (χ0) is 17.6. The van der Waals surface area contributed by atoms with Crippen LogP contribution in [0.15, 0.2) is 29.7 Å². The van der Waals surface area contributed by atoms with Crippen molar-refractivity contribution in [2.75, 3.05) is 26.7 Å². The summed E-state index contributed by atoms with van der Waals surface area (Å²) in [7, 11) is -2.28. The molecule has 0 aromatic heterocycles. The van der Waals surface area contributed by atoms with Gasteiger partial charge in [-0.2, -0.15) is 0 Å². The number of rotatable bonds is 8. The van der Waals surface area contributed by atoms with Crippen LogP contribution in [0.25, 0.3) is 0 Å². The molecule has 1 amide bonds. The maximum atomic E-state index is 12.5. The monoisotopic (exact) mass is 340 g/mol. The maximum Gasteiger partial charge on any atom is 0.244 e. The molecule has 0 spiro atoms. The third-order valence-electron chi connectivity index (χ3n) is 3.54. The van der Waals surface area contributed by atoms with Gasteiger partial charge in [0.25, 0.3) is 0 Å². The number of carbonyl (C=O) groups is 1. The third-order valence-corrected chi connectivity index (χ3v) is 5.02. The molecule has 23 heavy (non-hydrogen) atoms. The molecule has 0 aliphatic rings. The van der Waals surface area contributed by atoms with Crippen molar-refractivity contribution in [3.8, 4) is 5.75 Å². The highest BCUT2D eigenvalue weighted by Gasteiger charge is 2.20. The zero-order valence-electron chi connectivity index (χ0n) is 14.0. The number of methoxy groups -OCH3 is 1. The molecule has 0 bridgehead atoms. The number of hydrogen-bond acceptors (Lipinski definition) is 4. The standard InChI is InChI=1S/C16H24N2O4S/c1-6-8-18(14(4)19)9-7-17-23(20,21)16-11-13(3)12(2)10-15(16)22-5/h6,10-11,17H,1,7-9H2,2-5H3. The lowest BCUT2D eigenvalue weighted by Gasteiger charge is -2.19. The number of nitrogens with one attached hydrogen (secondary N) is 1. The average Bonchev–Trinajstić information content (AvgIpc) is 2.48. The quantitative estimate of drug-likeness (QED) is 0.730. The van der Waals surface area contributed by atoms with Crippen LogP contribution in [0.3, 0.4) is 0 Å². The molecular formula is C16H24N2O4S. The molecule has 0 heterocycles. The van der Waals surface area contributed by atoms with Crippen molar-refractivity contribution >= 4 is 15.9 Å². The minimum Gasteiger partial charge on any atom is -0.495 e. The summed E-state index contributed by atoms with van der Waals surface area (Å²) < 4.78 is 32.6. The van der Waals surface area contributed by atoms with Crippen molar-refractivity contribution in [2.45, 2.75) is 25.7 Å². The molecule has 0 unspecified atom stereocenters. The fraction of sp³-hybridized carbons (Fsp3) is 0.438. The number of nitrogens with zero attached hydrogens (tertiary/aromatic N) is 1. The highest BCUT2D eigenvalue weighted by molar-refractivity contribution is 7.89. The first kappa shape index (κ1) is 19.2. The van der Waals surface area contributed by atoms with Crippen LogP contribution in [0.1, 0.15) is 18.1 Å². The lowest BCUT2D eigenvalue weighted by atomic mass is 10.1. The molecule has 0 radical (unpaired) electrons. The first-order valence-corrected chi connectivity index (χ1v) is 8.72. The van der Waals surface area contributed by atoms with Gasteiger partial charge in [0, 0.05) is 26.6 Å². The Kier molecular flexibility index (Phi) is 6.78. The minimum atomic E-state index is -3.72. The van der Waals surface area contributed by atoms with Gasteiger partial charge in [-0.05, 0) is 37.1 Å². The smallest absolute Gasteiger partial charge is 0.244 e. The molecule has 0 saturated carbocycles. The molecule has 1 rings (SSSR count). The Morgan fingerprint density at radius 1 is 1.35 bits per heavy atom. The molecule has 7 heteroatoms. The molecule has 1 aromatic rings. The molecular weight excluding hydrogens is 316 g/mol. The minimum absolute atomic E-state index is 0.0983. The van der Waals surface area contributed by atoms with Crippen molar-refractivity contribution in [3.05, 3.63) is 35.9 Å². The largest absolute Gasteiger partial charge is 0.495 e. The molecule has 0 aliphatic carbocycles. The Morgan fingerprint density at radius 2 is 1.96 bits per heavy atom. The first-order valence-electron chi connectivity index (χ1n) is 7.24. The highest BCUT2D eigenvalue weighted by atomic mass is 32.2. The number of sulfonamides is 1. The Balaban J connectivity index is 2.90. The summed E-state index contributed by atoms with van der Waals surface area (Å²) in [5, 5.41) is 0. The second kappa shape index (κ2) is 8.12. The molecule has 0 atom stereocenters. The second-order valence-corrected chi connectivity index (χ2v) is 6.97. The number of hydrogen-bond donors (Lipinski definition) is 1. The summed E-state index contributed by atoms with van der Waals surface area (Å²) in [6, 6.07) is 3.28. The lowest BCUT2D eigenvalue weighted by Crippen LogP contribution is -2.37. The molecule has 1 N–H and O–H groups in total. The van der Waals surface area contributed by atoms with E-state index in [1.807, 2.05) is 13.8 Å². The van der Waals surface area contributed by atoms with E-state index >= 15 is 0 Å². The SMILES string of the molecule is C=CCN(CCNS(=O)(=O)c1cc(C)c(C)cc1OC)C(C)=O. The lowest BCUT2D eigenvalue weighted by molar-refractivity contribution is -0.128. The number of amides is 1. The molecule has 6 nitrogen and oxygen atoms in total. The summed E-state index contributed by atoms with van der Waals surface area (Å²) in [4.78, 5) is 13.0. The van der Waals surface area contributed by atoms with Gasteiger partial charge in [-0.15, -0.1) is 6.58 Å². The summed E-state index contributed by atoms with van der Waals surface area (Å²) in [6.45, 7) is 9.51. The van der Waals surface area contributed by atoms with Crippen molar-refractivity contribution in [2.24, 2.45) is 0 Å². The fourth-order valence-electron chi connectivity index (χ4n) is 2.06. The van der Waals surface area contributed by atoms with Crippen molar-refractivity contribution < 1.29 is 17.9 Å². The number of aryl methyl sites for hydroxylation is 2. The predicted molar refractivity (Wildman–Crippen MR) is 90.1 cm³/mol. The summed E-state index contributed by atoms with van der Waals surface area (Å²) in [5.41, 5.74) is 1.82. The maximum absolute atomic E-state index is 12.5. The van der Waals surface area contributed by atoms with Crippen molar-refractivity contribution in [1.82, 2.24) is 9.62 Å². The molecule has 128 valence electrons. The van der Waals surface area contributed by atoms with Gasteiger partial charge in [0.2, 0.25) is 15.9 Å². The Bertz CT molecular complexity index is 684. The summed E-state index contributed by atoms with van der Waals surface area (Å²) >= 11 is 0. The van der Waals surface area contributed by atoms with E-state index in [4.69, 9.17) is 4.74 Å². The highest BCUT2D eigenvalue weighted by Crippen LogP contribution is 2.27. The predicted octanol–water partition coefficient (Wildman–Crippen LogP) is 1.62. The van der Waals surface area contributed by atoms with Crippen LogP contribution in [0, 0.1) is 13.8 Å². The van der Waals surface area contributed by atoms with E-state index in [9.17, 15) is 13.2 Å². The summed E-state index contributed by atoms with van der Waals surface area (Å²) in [6.07, 6.45) is 1.60. The molecule has 1 aromatic carbocycles. The number of carbonyl (C=O) groups excluding carboxylic acids is 1. The van der Waals surface area contributed by atoms with Crippen LogP contribution in [-0.4, -0.2) is 46.0 Å². The third kappa shape index (κ3) is 5.07. The van der Waals surface area contributed by atoms with E-state index in [0.717, 1.165) is 11.1 Å². The van der Waals surface area contributed by atoms with Crippen LogP contribution in [0.4, 0.5) is 0 Å². The fourth-order valence-corrected chi connectivity index (χ4v) is 3.31. The second-order valence-electron chi connectivity index (χ2n) is 5.24. The van der Waals surface area contributed by atoms with Gasteiger partial charge in [-0.3, -0.25) is 4.79 Å². The van der Waals surface area contributed by atoms with Crippen LogP contribution in [0.5, 0.6) is 5.75 Å². The van der Waals surface area contributed by atoms with E-state index in [1.54, 1.807) is 18.2 Å². The number of benzene rings is 1. The molecule has 0 aliphatic heterocycles. The van der Waals surface area contributed by atoms with Gasteiger partial charge in [-0.1, -0.05) is 6.08 Å². The van der Waals surface area contributed by atoms with E-state index in [1.165, 1.54) is 18.9 Å². The zero-order valence-corrected chi connectivity index (χ0v) is 14.9. The Hall–Kier alpha value is -1.86. The van der Waals surface area contributed by atoms with Gasteiger partial charge < -0.3 is 9.64 Å². The van der Waals surface area contributed by atoms with Crippen LogP contribution in [-0.2, 0) is 14.8 Å². The van der Waals surface area contributed by atoms with E-state index in [-0.39, 0.29) is 23.9 Å². The van der Waals surface area contributed by atoms with E-state index < -0.39 is 10.0 Å². The van der Waals surface area contributed by atoms with Gasteiger partial charge in [0.05, 0.1) is 7.11 Å². The Morgan fingerprint density at radius 3 is 2.48 bits per heavy atom. The van der Waals surface area contributed by atoms with E-state index in [2.05, 4.69) is 11.3 Å². The van der Waals surface area contributed by atoms with Gasteiger partial charge in [0.15, 0.2) is 0 Å². The Labute approximate surface area is 138 Å². The first-order chi connectivity index (χ1) is 10.7. The molecule has 0 fully saturated rings.